The van der Waals surface area contributed by atoms with E-state index in [4.69, 9.17) is 10.5 Å². The molecule has 1 aliphatic heterocycles. The molecule has 28 heavy (non-hydrogen) atoms. The number of carbonyl (C=O) groups is 1. The second kappa shape index (κ2) is 6.91. The maximum Gasteiger partial charge on any atom is 0.409 e. The van der Waals surface area contributed by atoms with E-state index in [1.807, 2.05) is 12.1 Å². The van der Waals surface area contributed by atoms with Crippen molar-refractivity contribution in [3.8, 4) is 11.1 Å². The molecule has 1 amide bonds. The summed E-state index contributed by atoms with van der Waals surface area (Å²) in [5.41, 5.74) is 10.6. The molecular formula is C21H20N4O2S. The number of benzene rings is 2. The van der Waals surface area contributed by atoms with Crippen molar-refractivity contribution in [3.63, 3.8) is 0 Å². The number of carbonyl (C=O) groups excluding carboxylic acids is 1. The van der Waals surface area contributed by atoms with Crippen LogP contribution in [0.4, 0.5) is 9.93 Å². The Morgan fingerprint density at radius 1 is 1.11 bits per heavy atom. The molecule has 1 saturated heterocycles. The summed E-state index contributed by atoms with van der Waals surface area (Å²) in [4.78, 5) is 14.4. The van der Waals surface area contributed by atoms with Crippen LogP contribution >= 0.6 is 11.3 Å². The third-order valence-corrected chi connectivity index (χ3v) is 6.50. The number of nitrogens with zero attached hydrogens (tertiary/aromatic N) is 3. The predicted octanol–water partition coefficient (Wildman–Crippen LogP) is 3.86. The number of fused-ring (bicyclic) bond motifs is 3. The lowest BCUT2D eigenvalue weighted by Gasteiger charge is -2.19. The molecule has 6 nitrogen and oxygen atoms in total. The third-order valence-electron chi connectivity index (χ3n) is 5.59. The van der Waals surface area contributed by atoms with Crippen molar-refractivity contribution in [2.24, 2.45) is 0 Å². The summed E-state index contributed by atoms with van der Waals surface area (Å²) in [5, 5.41) is 9.35. The van der Waals surface area contributed by atoms with Gasteiger partial charge in [0.1, 0.15) is 11.6 Å². The van der Waals surface area contributed by atoms with Crippen LogP contribution in [0.1, 0.15) is 34.4 Å². The number of anilines is 1. The number of likely N-dealkylation sites (tertiary alicyclic amines) is 1. The van der Waals surface area contributed by atoms with Crippen LogP contribution in [0.2, 0.25) is 0 Å². The van der Waals surface area contributed by atoms with Crippen LogP contribution in [0.5, 0.6) is 0 Å². The molecule has 3 aromatic rings. The largest absolute Gasteiger partial charge is 0.448 e. The van der Waals surface area contributed by atoms with E-state index >= 15 is 0 Å². The molecule has 1 fully saturated rings. The summed E-state index contributed by atoms with van der Waals surface area (Å²) in [7, 11) is 0. The van der Waals surface area contributed by atoms with Crippen LogP contribution in [0.15, 0.2) is 48.5 Å². The predicted molar refractivity (Wildman–Crippen MR) is 108 cm³/mol. The lowest BCUT2D eigenvalue weighted by molar-refractivity contribution is 0.107. The Kier molecular flexibility index (Phi) is 4.24. The number of ether oxygens (including phenoxy) is 1. The van der Waals surface area contributed by atoms with E-state index in [0.29, 0.717) is 24.8 Å². The van der Waals surface area contributed by atoms with Gasteiger partial charge in [-0.15, -0.1) is 10.2 Å². The van der Waals surface area contributed by atoms with Gasteiger partial charge >= 0.3 is 6.09 Å². The fraction of sp³-hybridized carbons (Fsp3) is 0.286. The molecule has 0 spiro atoms. The first kappa shape index (κ1) is 17.2. The van der Waals surface area contributed by atoms with Crippen molar-refractivity contribution in [2.45, 2.75) is 18.3 Å². The molecule has 142 valence electrons. The van der Waals surface area contributed by atoms with Crippen LogP contribution < -0.4 is 5.73 Å². The molecule has 2 heterocycles. The van der Waals surface area contributed by atoms with E-state index in [1.54, 1.807) is 4.90 Å². The first-order valence-electron chi connectivity index (χ1n) is 9.39. The minimum absolute atomic E-state index is 0.0812. The Hall–Kier alpha value is -2.93. The summed E-state index contributed by atoms with van der Waals surface area (Å²) < 4.78 is 5.74. The Morgan fingerprint density at radius 3 is 2.43 bits per heavy atom. The fourth-order valence-corrected chi connectivity index (χ4v) is 4.96. The first-order chi connectivity index (χ1) is 13.7. The second-order valence-corrected chi connectivity index (χ2v) is 8.25. The quantitative estimate of drug-likeness (QED) is 0.732. The van der Waals surface area contributed by atoms with Gasteiger partial charge in [0.2, 0.25) is 5.13 Å². The Morgan fingerprint density at radius 2 is 1.79 bits per heavy atom. The molecule has 7 heteroatoms. The van der Waals surface area contributed by atoms with Crippen LogP contribution in [-0.4, -0.2) is 40.9 Å². The van der Waals surface area contributed by atoms with Gasteiger partial charge in [0.05, 0.1) is 0 Å². The fourth-order valence-electron chi connectivity index (χ4n) is 4.22. The number of hydrogen-bond donors (Lipinski definition) is 1. The highest BCUT2D eigenvalue weighted by molar-refractivity contribution is 7.15. The minimum Gasteiger partial charge on any atom is -0.448 e. The molecule has 0 radical (unpaired) electrons. The highest BCUT2D eigenvalue weighted by Crippen LogP contribution is 2.44. The average molecular weight is 392 g/mol. The SMILES string of the molecule is Nc1nnc(C2CCN(C(=O)OCC3c4ccccc4-c4ccccc43)C2)s1. The number of amides is 1. The van der Waals surface area contributed by atoms with Gasteiger partial charge in [0.25, 0.3) is 0 Å². The zero-order valence-corrected chi connectivity index (χ0v) is 16.1. The van der Waals surface area contributed by atoms with E-state index in [-0.39, 0.29) is 17.9 Å². The molecule has 1 atom stereocenters. The van der Waals surface area contributed by atoms with Gasteiger partial charge in [-0.05, 0) is 28.7 Å². The Balaban J connectivity index is 1.27. The van der Waals surface area contributed by atoms with Gasteiger partial charge in [-0.2, -0.15) is 0 Å². The summed E-state index contributed by atoms with van der Waals surface area (Å²) in [5.74, 6) is 0.271. The monoisotopic (exact) mass is 392 g/mol. The number of nitrogens with two attached hydrogens (primary N) is 1. The van der Waals surface area contributed by atoms with Crippen molar-refractivity contribution in [1.82, 2.24) is 15.1 Å². The minimum atomic E-state index is -0.262. The zero-order chi connectivity index (χ0) is 19.1. The molecule has 1 aliphatic carbocycles. The molecule has 2 aliphatic rings. The van der Waals surface area contributed by atoms with Gasteiger partial charge in [-0.25, -0.2) is 4.79 Å². The lowest BCUT2D eigenvalue weighted by Crippen LogP contribution is -2.30. The second-order valence-electron chi connectivity index (χ2n) is 7.21. The zero-order valence-electron chi connectivity index (χ0n) is 15.2. The summed E-state index contributed by atoms with van der Waals surface area (Å²) >= 11 is 1.39. The lowest BCUT2D eigenvalue weighted by atomic mass is 9.98. The van der Waals surface area contributed by atoms with Gasteiger partial charge in [-0.1, -0.05) is 59.9 Å². The molecule has 1 aromatic heterocycles. The van der Waals surface area contributed by atoms with Crippen molar-refractivity contribution < 1.29 is 9.53 Å². The van der Waals surface area contributed by atoms with Crippen molar-refractivity contribution in [2.75, 3.05) is 25.4 Å². The van der Waals surface area contributed by atoms with Crippen LogP contribution in [0.3, 0.4) is 0 Å². The van der Waals surface area contributed by atoms with Crippen molar-refractivity contribution >= 4 is 22.6 Å². The van der Waals surface area contributed by atoms with E-state index in [9.17, 15) is 4.79 Å². The van der Waals surface area contributed by atoms with Gasteiger partial charge < -0.3 is 15.4 Å². The highest BCUT2D eigenvalue weighted by Gasteiger charge is 2.33. The van der Waals surface area contributed by atoms with Gasteiger partial charge in [-0.3, -0.25) is 0 Å². The average Bonchev–Trinajstić information content (AvgIpc) is 3.44. The smallest absolute Gasteiger partial charge is 0.409 e. The van der Waals surface area contributed by atoms with Crippen molar-refractivity contribution in [3.05, 3.63) is 64.7 Å². The van der Waals surface area contributed by atoms with Crippen LogP contribution in [-0.2, 0) is 4.74 Å². The van der Waals surface area contributed by atoms with Gasteiger partial charge in [0.15, 0.2) is 0 Å². The van der Waals surface area contributed by atoms with Crippen LogP contribution in [0.25, 0.3) is 11.1 Å². The van der Waals surface area contributed by atoms with Gasteiger partial charge in [0, 0.05) is 24.9 Å². The molecule has 5 rings (SSSR count). The first-order valence-corrected chi connectivity index (χ1v) is 10.2. The summed E-state index contributed by atoms with van der Waals surface area (Å²) in [6, 6.07) is 16.7. The molecule has 1 unspecified atom stereocenters. The number of hydrogen-bond acceptors (Lipinski definition) is 6. The molecule has 0 bridgehead atoms. The number of nitrogen functional groups attached to an aromatic ring is 1. The molecule has 2 aromatic carbocycles. The number of rotatable bonds is 3. The van der Waals surface area contributed by atoms with E-state index in [0.717, 1.165) is 11.4 Å². The summed E-state index contributed by atoms with van der Waals surface area (Å²) in [6.45, 7) is 1.62. The third kappa shape index (κ3) is 2.92. The van der Waals surface area contributed by atoms with Crippen molar-refractivity contribution in [1.29, 1.82) is 0 Å². The summed E-state index contributed by atoms with van der Waals surface area (Å²) in [6.07, 6.45) is 0.598. The maximum atomic E-state index is 12.7. The van der Waals surface area contributed by atoms with Crippen LogP contribution in [0, 0.1) is 0 Å². The highest BCUT2D eigenvalue weighted by atomic mass is 32.1. The number of aromatic nitrogens is 2. The molecule has 0 saturated carbocycles. The molecule has 2 N–H and O–H groups in total. The van der Waals surface area contributed by atoms with E-state index in [2.05, 4.69) is 46.6 Å². The normalized spacial score (nSPS) is 18.1. The Bertz CT molecular complexity index is 989. The van der Waals surface area contributed by atoms with E-state index < -0.39 is 0 Å². The molecular weight excluding hydrogens is 372 g/mol. The standard InChI is InChI=1S/C21H20N4O2S/c22-20-24-23-19(28-20)13-9-10-25(11-13)21(26)27-12-18-16-7-3-1-5-14(16)15-6-2-4-8-17(15)18/h1-8,13,18H,9-12H2,(H2,22,24). The maximum absolute atomic E-state index is 12.7. The Labute approximate surface area is 167 Å². The topological polar surface area (TPSA) is 81.3 Å². The van der Waals surface area contributed by atoms with E-state index in [1.165, 1.54) is 33.6 Å².